The van der Waals surface area contributed by atoms with Crippen LogP contribution < -0.4 is 10.6 Å². The van der Waals surface area contributed by atoms with Crippen molar-refractivity contribution < 1.29 is 14.2 Å². The molecule has 154 valence electrons. The number of nitrogens with zero attached hydrogens (tertiary/aromatic N) is 2. The molecule has 0 aromatic rings. The monoisotopic (exact) mass is 372 g/mol. The molecule has 0 heterocycles. The van der Waals surface area contributed by atoms with Gasteiger partial charge in [0, 0.05) is 45.9 Å². The van der Waals surface area contributed by atoms with Crippen molar-refractivity contribution in [1.29, 1.82) is 0 Å². The van der Waals surface area contributed by atoms with Gasteiger partial charge in [0.15, 0.2) is 5.96 Å². The first-order valence-corrected chi connectivity index (χ1v) is 10.2. The molecular weight excluding hydrogens is 332 g/mol. The van der Waals surface area contributed by atoms with Crippen molar-refractivity contribution in [2.24, 2.45) is 4.99 Å². The van der Waals surface area contributed by atoms with Gasteiger partial charge in [-0.05, 0) is 26.2 Å². The van der Waals surface area contributed by atoms with E-state index in [2.05, 4.69) is 34.4 Å². The highest BCUT2D eigenvalue weighted by Gasteiger charge is 2.28. The number of ether oxygens (including phenoxy) is 3. The first-order valence-electron chi connectivity index (χ1n) is 10.2. The third-order valence-electron chi connectivity index (χ3n) is 4.20. The van der Waals surface area contributed by atoms with Gasteiger partial charge >= 0.3 is 0 Å². The van der Waals surface area contributed by atoms with E-state index in [1.807, 2.05) is 0 Å². The maximum atomic E-state index is 5.58. The first-order chi connectivity index (χ1) is 12.8. The molecular formula is C19H40N4O3. The fourth-order valence-corrected chi connectivity index (χ4v) is 2.57. The van der Waals surface area contributed by atoms with Crippen LogP contribution in [0.2, 0.25) is 0 Å². The minimum Gasteiger partial charge on any atom is -0.383 e. The molecule has 1 fully saturated rings. The molecule has 1 aliphatic rings. The topological polar surface area (TPSA) is 67.4 Å². The van der Waals surface area contributed by atoms with E-state index in [4.69, 9.17) is 14.2 Å². The Morgan fingerprint density at radius 3 is 2.42 bits per heavy atom. The lowest BCUT2D eigenvalue weighted by molar-refractivity contribution is 0.0487. The zero-order chi connectivity index (χ0) is 18.9. The van der Waals surface area contributed by atoms with Crippen molar-refractivity contribution in [1.82, 2.24) is 15.5 Å². The van der Waals surface area contributed by atoms with Crippen molar-refractivity contribution in [3.05, 3.63) is 0 Å². The molecule has 0 atom stereocenters. The van der Waals surface area contributed by atoms with Crippen LogP contribution in [0.3, 0.4) is 0 Å². The highest BCUT2D eigenvalue weighted by Crippen LogP contribution is 2.26. The summed E-state index contributed by atoms with van der Waals surface area (Å²) in [4.78, 5) is 7.16. The van der Waals surface area contributed by atoms with Crippen LogP contribution in [-0.4, -0.2) is 89.8 Å². The lowest BCUT2D eigenvalue weighted by Crippen LogP contribution is -2.40. The quantitative estimate of drug-likeness (QED) is 0.229. The highest BCUT2D eigenvalue weighted by molar-refractivity contribution is 5.79. The molecule has 0 saturated heterocycles. The van der Waals surface area contributed by atoms with E-state index in [1.54, 1.807) is 7.11 Å². The fraction of sp³-hybridized carbons (Fsp3) is 0.947. The summed E-state index contributed by atoms with van der Waals surface area (Å²) in [6.45, 7) is 12.2. The summed E-state index contributed by atoms with van der Waals surface area (Å²) in [6, 6.07) is 0.740. The van der Waals surface area contributed by atoms with Crippen LogP contribution in [0.15, 0.2) is 4.99 Å². The molecule has 0 amide bonds. The van der Waals surface area contributed by atoms with Crippen molar-refractivity contribution >= 4 is 5.96 Å². The van der Waals surface area contributed by atoms with Crippen LogP contribution in [0.5, 0.6) is 0 Å². The smallest absolute Gasteiger partial charge is 0.191 e. The molecule has 1 rings (SSSR count). The number of hydrogen-bond acceptors (Lipinski definition) is 5. The van der Waals surface area contributed by atoms with Crippen molar-refractivity contribution in [2.45, 2.75) is 45.6 Å². The van der Waals surface area contributed by atoms with E-state index in [0.29, 0.717) is 19.8 Å². The van der Waals surface area contributed by atoms with Crippen molar-refractivity contribution in [2.75, 3.05) is 72.9 Å². The molecule has 0 spiro atoms. The third kappa shape index (κ3) is 12.5. The van der Waals surface area contributed by atoms with Crippen LogP contribution >= 0.6 is 0 Å². The standard InChI is InChI=1S/C19H40N4O3/c1-4-6-13-25-16-17-26-14-10-22-19(20-5-2)21-9-11-23(12-15-24-3)18-7-8-18/h18H,4-17H2,1-3H3,(H2,20,21,22). The number of hydrogen-bond donors (Lipinski definition) is 2. The van der Waals surface area contributed by atoms with Crippen molar-refractivity contribution in [3.8, 4) is 0 Å². The van der Waals surface area contributed by atoms with E-state index in [1.165, 1.54) is 19.3 Å². The molecule has 1 saturated carbocycles. The number of guanidine groups is 1. The lowest BCUT2D eigenvalue weighted by Gasteiger charge is -2.20. The molecule has 1 aliphatic carbocycles. The lowest BCUT2D eigenvalue weighted by atomic mass is 10.4. The van der Waals surface area contributed by atoms with E-state index < -0.39 is 0 Å². The van der Waals surface area contributed by atoms with E-state index in [9.17, 15) is 0 Å². The number of nitrogens with one attached hydrogen (secondary N) is 2. The summed E-state index contributed by atoms with van der Waals surface area (Å²) >= 11 is 0. The Morgan fingerprint density at radius 2 is 1.77 bits per heavy atom. The van der Waals surface area contributed by atoms with Gasteiger partial charge in [0.2, 0.25) is 0 Å². The summed E-state index contributed by atoms with van der Waals surface area (Å²) in [5, 5.41) is 6.61. The zero-order valence-corrected chi connectivity index (χ0v) is 17.1. The van der Waals surface area contributed by atoms with Crippen LogP contribution in [-0.2, 0) is 14.2 Å². The zero-order valence-electron chi connectivity index (χ0n) is 17.1. The number of unbranched alkanes of at least 4 members (excludes halogenated alkanes) is 1. The molecule has 0 unspecified atom stereocenters. The molecule has 0 aromatic carbocycles. The number of methoxy groups -OCH3 is 1. The normalized spacial score (nSPS) is 14.8. The van der Waals surface area contributed by atoms with Crippen LogP contribution in [0.25, 0.3) is 0 Å². The van der Waals surface area contributed by atoms with Crippen molar-refractivity contribution in [3.63, 3.8) is 0 Å². The van der Waals surface area contributed by atoms with E-state index in [0.717, 1.165) is 64.4 Å². The SMILES string of the molecule is CCCCOCCOCCNC(=NCCN(CCOC)C1CC1)NCC. The molecule has 7 nitrogen and oxygen atoms in total. The summed E-state index contributed by atoms with van der Waals surface area (Å²) < 4.78 is 16.3. The Morgan fingerprint density at radius 1 is 1.00 bits per heavy atom. The number of rotatable bonds is 17. The average Bonchev–Trinajstić information content (AvgIpc) is 3.48. The van der Waals surface area contributed by atoms with Crippen LogP contribution in [0, 0.1) is 0 Å². The average molecular weight is 373 g/mol. The predicted molar refractivity (Wildman–Crippen MR) is 107 cm³/mol. The molecule has 0 aliphatic heterocycles. The molecule has 26 heavy (non-hydrogen) atoms. The largest absolute Gasteiger partial charge is 0.383 e. The Labute approximate surface area is 159 Å². The Hall–Kier alpha value is -0.890. The molecule has 2 N–H and O–H groups in total. The number of aliphatic imine (C=N–C) groups is 1. The Kier molecular flexibility index (Phi) is 14.5. The van der Waals surface area contributed by atoms with Gasteiger partial charge in [0.25, 0.3) is 0 Å². The highest BCUT2D eigenvalue weighted by atomic mass is 16.5. The maximum Gasteiger partial charge on any atom is 0.191 e. The minimum absolute atomic E-state index is 0.648. The minimum atomic E-state index is 0.648. The van der Waals surface area contributed by atoms with Gasteiger partial charge < -0.3 is 24.8 Å². The van der Waals surface area contributed by atoms with Gasteiger partial charge in [-0.15, -0.1) is 0 Å². The summed E-state index contributed by atoms with van der Waals surface area (Å²) in [7, 11) is 1.76. The summed E-state index contributed by atoms with van der Waals surface area (Å²) in [5.41, 5.74) is 0. The first kappa shape index (κ1) is 23.1. The fourth-order valence-electron chi connectivity index (χ4n) is 2.57. The predicted octanol–water partition coefficient (Wildman–Crippen LogP) is 1.49. The van der Waals surface area contributed by atoms with Gasteiger partial charge in [-0.25, -0.2) is 0 Å². The Balaban J connectivity index is 2.12. The second kappa shape index (κ2) is 16.3. The van der Waals surface area contributed by atoms with E-state index >= 15 is 0 Å². The van der Waals surface area contributed by atoms with Gasteiger partial charge in [-0.2, -0.15) is 0 Å². The molecule has 0 radical (unpaired) electrons. The third-order valence-corrected chi connectivity index (χ3v) is 4.20. The van der Waals surface area contributed by atoms with E-state index in [-0.39, 0.29) is 0 Å². The van der Waals surface area contributed by atoms with Gasteiger partial charge in [0.05, 0.1) is 33.0 Å². The van der Waals surface area contributed by atoms with Crippen LogP contribution in [0.4, 0.5) is 0 Å². The van der Waals surface area contributed by atoms with Gasteiger partial charge in [0.1, 0.15) is 0 Å². The maximum absolute atomic E-state index is 5.58. The summed E-state index contributed by atoms with van der Waals surface area (Å²) in [5.74, 6) is 0.859. The second-order valence-electron chi connectivity index (χ2n) is 6.53. The molecule has 0 bridgehead atoms. The molecule has 7 heteroatoms. The Bertz CT molecular complexity index is 352. The second-order valence-corrected chi connectivity index (χ2v) is 6.53. The van der Waals surface area contributed by atoms with Gasteiger partial charge in [-0.3, -0.25) is 9.89 Å². The summed E-state index contributed by atoms with van der Waals surface area (Å²) in [6.07, 6.45) is 4.91. The molecule has 0 aromatic heterocycles. The van der Waals surface area contributed by atoms with Crippen LogP contribution in [0.1, 0.15) is 39.5 Å². The van der Waals surface area contributed by atoms with Gasteiger partial charge in [-0.1, -0.05) is 13.3 Å².